The molecule has 0 aliphatic rings. The van der Waals surface area contributed by atoms with Crippen LogP contribution in [0.4, 0.5) is 9.80 Å². The molecule has 0 spiro atoms. The Morgan fingerprint density at radius 1 is 1.24 bits per heavy atom. The highest BCUT2D eigenvalue weighted by molar-refractivity contribution is 7.16. The number of nitrogens with zero attached hydrogens (tertiary/aromatic N) is 1. The van der Waals surface area contributed by atoms with Gasteiger partial charge in [-0.2, -0.15) is 0 Å². The number of nitrogens with one attached hydrogen (secondary N) is 1. The summed E-state index contributed by atoms with van der Waals surface area (Å²) in [7, 11) is 0. The summed E-state index contributed by atoms with van der Waals surface area (Å²) in [4.78, 5) is 15.1. The van der Waals surface area contributed by atoms with E-state index in [-0.39, 0.29) is 0 Å². The number of anilines is 1. The van der Waals surface area contributed by atoms with Gasteiger partial charge in [-0.25, -0.2) is 9.78 Å². The van der Waals surface area contributed by atoms with Gasteiger partial charge in [0.05, 0.1) is 10.7 Å². The van der Waals surface area contributed by atoms with Crippen molar-refractivity contribution in [1.29, 1.82) is 0 Å². The molecule has 0 unspecified atom stereocenters. The summed E-state index contributed by atoms with van der Waals surface area (Å²) in [6, 6.07) is 14.6. The fourth-order valence-corrected chi connectivity index (χ4v) is 3.25. The summed E-state index contributed by atoms with van der Waals surface area (Å²) in [5.41, 5.74) is 1.89. The van der Waals surface area contributed by atoms with Crippen LogP contribution in [0.1, 0.15) is 16.3 Å². The first-order valence-corrected chi connectivity index (χ1v) is 7.37. The van der Waals surface area contributed by atoms with Gasteiger partial charge in [-0.3, -0.25) is 5.32 Å². The highest BCUT2D eigenvalue weighted by Gasteiger charge is 2.10. The maximum atomic E-state index is 10.7. The number of aromatic nitrogens is 1. The minimum atomic E-state index is -1.06. The van der Waals surface area contributed by atoms with Gasteiger partial charge in [0.2, 0.25) is 0 Å². The molecule has 2 N–H and O–H groups in total. The zero-order chi connectivity index (χ0) is 14.8. The predicted octanol–water partition coefficient (Wildman–Crippen LogP) is 4.29. The van der Waals surface area contributed by atoms with E-state index in [0.29, 0.717) is 11.4 Å². The van der Waals surface area contributed by atoms with Crippen LogP contribution < -0.4 is 5.32 Å². The second-order valence-electron chi connectivity index (χ2n) is 4.81. The monoisotopic (exact) mass is 298 g/mol. The van der Waals surface area contributed by atoms with Gasteiger partial charge < -0.3 is 5.11 Å². The number of rotatable bonds is 3. The van der Waals surface area contributed by atoms with Crippen molar-refractivity contribution in [2.45, 2.75) is 13.3 Å². The first-order chi connectivity index (χ1) is 10.1. The van der Waals surface area contributed by atoms with Crippen molar-refractivity contribution in [2.24, 2.45) is 0 Å². The van der Waals surface area contributed by atoms with Crippen molar-refractivity contribution in [3.8, 4) is 0 Å². The molecule has 1 amide bonds. The lowest BCUT2D eigenvalue weighted by atomic mass is 10.1. The van der Waals surface area contributed by atoms with E-state index < -0.39 is 6.09 Å². The topological polar surface area (TPSA) is 62.2 Å². The lowest BCUT2D eigenvalue weighted by molar-refractivity contribution is 0.210. The van der Waals surface area contributed by atoms with Gasteiger partial charge in [-0.05, 0) is 23.3 Å². The fourth-order valence-electron chi connectivity index (χ4n) is 2.26. The third-order valence-electron chi connectivity index (χ3n) is 3.23. The number of amides is 1. The van der Waals surface area contributed by atoms with Gasteiger partial charge >= 0.3 is 6.09 Å². The standard InChI is InChI=1S/C16H14N2O2S/c1-10-15(18-16(19)20)21-14(17-10)9-11-6-7-12-4-2-3-5-13(12)8-11/h2-8,18H,9H2,1H3,(H,19,20). The maximum absolute atomic E-state index is 10.7. The summed E-state index contributed by atoms with van der Waals surface area (Å²) in [6.07, 6.45) is -0.350. The Hall–Kier alpha value is -2.40. The fraction of sp³-hybridized carbons (Fsp3) is 0.125. The molecular weight excluding hydrogens is 284 g/mol. The van der Waals surface area contributed by atoms with Crippen molar-refractivity contribution in [3.05, 3.63) is 58.7 Å². The SMILES string of the molecule is Cc1nc(Cc2ccc3ccccc3c2)sc1NC(=O)O. The molecule has 0 aliphatic carbocycles. The van der Waals surface area contributed by atoms with E-state index in [0.717, 1.165) is 10.7 Å². The Morgan fingerprint density at radius 2 is 2.00 bits per heavy atom. The van der Waals surface area contributed by atoms with Crippen LogP contribution in [-0.4, -0.2) is 16.2 Å². The Balaban J connectivity index is 1.86. The van der Waals surface area contributed by atoms with Gasteiger partial charge in [0.1, 0.15) is 5.00 Å². The number of hydrogen-bond acceptors (Lipinski definition) is 3. The number of fused-ring (bicyclic) bond motifs is 1. The minimum Gasteiger partial charge on any atom is -0.465 e. The van der Waals surface area contributed by atoms with Crippen LogP contribution in [-0.2, 0) is 6.42 Å². The molecule has 0 aliphatic heterocycles. The van der Waals surface area contributed by atoms with Crippen molar-refractivity contribution in [3.63, 3.8) is 0 Å². The molecule has 1 heterocycles. The lowest BCUT2D eigenvalue weighted by Crippen LogP contribution is -2.06. The quantitative estimate of drug-likeness (QED) is 0.758. The Bertz CT molecular complexity index is 811. The van der Waals surface area contributed by atoms with E-state index >= 15 is 0 Å². The molecule has 0 atom stereocenters. The van der Waals surface area contributed by atoms with E-state index in [4.69, 9.17) is 5.11 Å². The third kappa shape index (κ3) is 3.03. The molecule has 106 valence electrons. The summed E-state index contributed by atoms with van der Waals surface area (Å²) < 4.78 is 0. The third-order valence-corrected chi connectivity index (χ3v) is 4.30. The molecule has 3 rings (SSSR count). The van der Waals surface area contributed by atoms with Gasteiger partial charge in [-0.15, -0.1) is 11.3 Å². The summed E-state index contributed by atoms with van der Waals surface area (Å²) >= 11 is 1.39. The molecule has 0 fully saturated rings. The zero-order valence-electron chi connectivity index (χ0n) is 11.5. The lowest BCUT2D eigenvalue weighted by Gasteiger charge is -2.01. The average molecular weight is 298 g/mol. The van der Waals surface area contributed by atoms with Crippen LogP contribution in [0, 0.1) is 6.92 Å². The first-order valence-electron chi connectivity index (χ1n) is 6.56. The summed E-state index contributed by atoms with van der Waals surface area (Å²) in [5.74, 6) is 0. The van der Waals surface area contributed by atoms with E-state index in [1.54, 1.807) is 0 Å². The predicted molar refractivity (Wildman–Crippen MR) is 85.3 cm³/mol. The van der Waals surface area contributed by atoms with Gasteiger partial charge in [0.15, 0.2) is 0 Å². The van der Waals surface area contributed by atoms with E-state index in [1.165, 1.54) is 27.7 Å². The van der Waals surface area contributed by atoms with Crippen LogP contribution in [0.15, 0.2) is 42.5 Å². The molecular formula is C16H14N2O2S. The molecule has 0 saturated carbocycles. The van der Waals surface area contributed by atoms with E-state index in [1.807, 2.05) is 19.1 Å². The Labute approximate surface area is 126 Å². The summed E-state index contributed by atoms with van der Waals surface area (Å²) in [6.45, 7) is 1.81. The number of hydrogen-bond donors (Lipinski definition) is 2. The van der Waals surface area contributed by atoms with Crippen molar-refractivity contribution < 1.29 is 9.90 Å². The number of thiazole rings is 1. The molecule has 0 bridgehead atoms. The van der Waals surface area contributed by atoms with Crippen molar-refractivity contribution in [2.75, 3.05) is 5.32 Å². The molecule has 5 heteroatoms. The normalized spacial score (nSPS) is 10.7. The van der Waals surface area contributed by atoms with Gasteiger partial charge in [0, 0.05) is 6.42 Å². The second-order valence-corrected chi connectivity index (χ2v) is 5.89. The second kappa shape index (κ2) is 5.54. The average Bonchev–Trinajstić information content (AvgIpc) is 2.78. The molecule has 3 aromatic rings. The number of carboxylic acid groups (broad SMARTS) is 1. The van der Waals surface area contributed by atoms with Crippen molar-refractivity contribution in [1.82, 2.24) is 4.98 Å². The van der Waals surface area contributed by atoms with E-state index in [2.05, 4.69) is 40.6 Å². The minimum absolute atomic E-state index is 0.596. The maximum Gasteiger partial charge on any atom is 0.409 e. The van der Waals surface area contributed by atoms with E-state index in [9.17, 15) is 4.79 Å². The van der Waals surface area contributed by atoms with Crippen LogP contribution in [0.3, 0.4) is 0 Å². The highest BCUT2D eigenvalue weighted by atomic mass is 32.1. The molecule has 21 heavy (non-hydrogen) atoms. The summed E-state index contributed by atoms with van der Waals surface area (Å²) in [5, 5.41) is 15.1. The van der Waals surface area contributed by atoms with Crippen LogP contribution in [0.5, 0.6) is 0 Å². The van der Waals surface area contributed by atoms with Crippen molar-refractivity contribution >= 4 is 33.2 Å². The molecule has 0 saturated heterocycles. The van der Waals surface area contributed by atoms with Crippen LogP contribution in [0.2, 0.25) is 0 Å². The Morgan fingerprint density at radius 3 is 2.76 bits per heavy atom. The first kappa shape index (κ1) is 13.6. The molecule has 0 radical (unpaired) electrons. The highest BCUT2D eigenvalue weighted by Crippen LogP contribution is 2.26. The van der Waals surface area contributed by atoms with Crippen LogP contribution in [0.25, 0.3) is 10.8 Å². The zero-order valence-corrected chi connectivity index (χ0v) is 12.3. The van der Waals surface area contributed by atoms with Gasteiger partial charge in [0.25, 0.3) is 0 Å². The molecule has 2 aromatic carbocycles. The molecule has 1 aromatic heterocycles. The number of aryl methyl sites for hydroxylation is 1. The number of benzene rings is 2. The van der Waals surface area contributed by atoms with Gasteiger partial charge in [-0.1, -0.05) is 42.5 Å². The number of carbonyl (C=O) groups is 1. The largest absolute Gasteiger partial charge is 0.465 e. The van der Waals surface area contributed by atoms with Crippen LogP contribution >= 0.6 is 11.3 Å². The smallest absolute Gasteiger partial charge is 0.409 e. The molecule has 4 nitrogen and oxygen atoms in total. The Kier molecular flexibility index (Phi) is 3.58.